The van der Waals surface area contributed by atoms with Crippen molar-refractivity contribution >= 4 is 23.2 Å². The van der Waals surface area contributed by atoms with Crippen molar-refractivity contribution in [2.75, 3.05) is 6.61 Å². The number of imidazole rings is 1. The number of aromatic nitrogens is 2. The van der Waals surface area contributed by atoms with Gasteiger partial charge in [0, 0.05) is 37.3 Å². The molecule has 1 aromatic carbocycles. The Morgan fingerprint density at radius 2 is 2.17 bits per heavy atom. The molecule has 24 heavy (non-hydrogen) atoms. The Morgan fingerprint density at radius 3 is 3.08 bits per heavy atom. The summed E-state index contributed by atoms with van der Waals surface area (Å²) in [5.41, 5.74) is 2.36. The highest BCUT2D eigenvalue weighted by Crippen LogP contribution is 2.41. The second-order valence-corrected chi connectivity index (χ2v) is 7.26. The summed E-state index contributed by atoms with van der Waals surface area (Å²) < 4.78 is 8.20. The van der Waals surface area contributed by atoms with Crippen LogP contribution >= 0.6 is 23.2 Å². The molecule has 4 rings (SSSR count). The van der Waals surface area contributed by atoms with E-state index in [1.165, 1.54) is 24.4 Å². The summed E-state index contributed by atoms with van der Waals surface area (Å²) in [6.45, 7) is 2.56. The van der Waals surface area contributed by atoms with Gasteiger partial charge in [0.05, 0.1) is 17.3 Å². The van der Waals surface area contributed by atoms with Gasteiger partial charge in [0.25, 0.3) is 0 Å². The summed E-state index contributed by atoms with van der Waals surface area (Å²) >= 11 is 12.5. The van der Waals surface area contributed by atoms with E-state index in [2.05, 4.69) is 14.9 Å². The summed E-state index contributed by atoms with van der Waals surface area (Å²) in [5, 5.41) is 4.74. The molecular weight excluding hydrogens is 345 g/mol. The monoisotopic (exact) mass is 365 g/mol. The zero-order valence-electron chi connectivity index (χ0n) is 13.5. The van der Waals surface area contributed by atoms with Crippen LogP contribution in [0.4, 0.5) is 0 Å². The standard InChI is InChI=1S/C18H21Cl2N3O/c19-14-7-6-13-15(4-3-9-24-18(13)17(14)20)21-10-12-11-22-16-5-1-2-8-23(12)16/h6-7,11,15,21H,1-5,8-10H2. The first-order valence-corrected chi connectivity index (χ1v) is 9.37. The van der Waals surface area contributed by atoms with E-state index in [0.29, 0.717) is 16.7 Å². The molecular formula is C18H21Cl2N3O. The third kappa shape index (κ3) is 3.03. The molecule has 1 aromatic heterocycles. The van der Waals surface area contributed by atoms with Gasteiger partial charge < -0.3 is 14.6 Å². The molecule has 3 heterocycles. The number of hydrogen-bond donors (Lipinski definition) is 1. The van der Waals surface area contributed by atoms with Crippen molar-refractivity contribution in [3.05, 3.63) is 45.5 Å². The Labute approximate surface area is 152 Å². The zero-order chi connectivity index (χ0) is 16.5. The Morgan fingerprint density at radius 1 is 1.25 bits per heavy atom. The highest BCUT2D eigenvalue weighted by molar-refractivity contribution is 6.43. The second kappa shape index (κ2) is 6.95. The molecule has 0 saturated carbocycles. The fourth-order valence-electron chi connectivity index (χ4n) is 3.65. The van der Waals surface area contributed by atoms with Crippen LogP contribution in [-0.4, -0.2) is 16.2 Å². The molecule has 0 bridgehead atoms. The van der Waals surface area contributed by atoms with Crippen LogP contribution in [0.5, 0.6) is 5.75 Å². The SMILES string of the molecule is Clc1ccc2c(c1Cl)OCCCC2NCc1cnc2n1CCCC2. The van der Waals surface area contributed by atoms with Gasteiger partial charge in [0.1, 0.15) is 16.6 Å². The zero-order valence-corrected chi connectivity index (χ0v) is 15.0. The van der Waals surface area contributed by atoms with E-state index in [1.807, 2.05) is 18.3 Å². The minimum Gasteiger partial charge on any atom is -0.492 e. The molecule has 1 N–H and O–H groups in total. The molecule has 0 spiro atoms. The van der Waals surface area contributed by atoms with E-state index in [-0.39, 0.29) is 6.04 Å². The third-order valence-corrected chi connectivity index (χ3v) is 5.71. The number of nitrogens with one attached hydrogen (secondary N) is 1. The van der Waals surface area contributed by atoms with Crippen LogP contribution in [0.25, 0.3) is 0 Å². The molecule has 2 aromatic rings. The molecule has 0 saturated heterocycles. The molecule has 0 aliphatic carbocycles. The quantitative estimate of drug-likeness (QED) is 0.868. The number of ether oxygens (including phenoxy) is 1. The van der Waals surface area contributed by atoms with Crippen LogP contribution in [0, 0.1) is 0 Å². The van der Waals surface area contributed by atoms with Crippen molar-refractivity contribution in [1.29, 1.82) is 0 Å². The fraction of sp³-hybridized carbons (Fsp3) is 0.500. The Balaban J connectivity index is 1.55. The highest BCUT2D eigenvalue weighted by atomic mass is 35.5. The molecule has 0 amide bonds. The summed E-state index contributed by atoms with van der Waals surface area (Å²) in [4.78, 5) is 4.57. The number of fused-ring (bicyclic) bond motifs is 2. The van der Waals surface area contributed by atoms with Gasteiger partial charge in [-0.25, -0.2) is 4.98 Å². The molecule has 4 nitrogen and oxygen atoms in total. The molecule has 128 valence electrons. The molecule has 2 aliphatic rings. The first kappa shape index (κ1) is 16.2. The number of aryl methyl sites for hydroxylation is 1. The van der Waals surface area contributed by atoms with Crippen LogP contribution in [0.1, 0.15) is 48.8 Å². The van der Waals surface area contributed by atoms with Crippen molar-refractivity contribution < 1.29 is 4.74 Å². The first-order valence-electron chi connectivity index (χ1n) is 8.61. The predicted octanol–water partition coefficient (Wildman–Crippen LogP) is 4.53. The highest BCUT2D eigenvalue weighted by Gasteiger charge is 2.23. The van der Waals surface area contributed by atoms with Gasteiger partial charge in [0.2, 0.25) is 0 Å². The van der Waals surface area contributed by atoms with Gasteiger partial charge in [-0.15, -0.1) is 0 Å². The van der Waals surface area contributed by atoms with E-state index in [1.54, 1.807) is 0 Å². The summed E-state index contributed by atoms with van der Waals surface area (Å²) in [7, 11) is 0. The van der Waals surface area contributed by atoms with Gasteiger partial charge in [0.15, 0.2) is 0 Å². The van der Waals surface area contributed by atoms with E-state index in [0.717, 1.165) is 43.7 Å². The van der Waals surface area contributed by atoms with Crippen molar-refractivity contribution in [3.8, 4) is 5.75 Å². The maximum atomic E-state index is 6.34. The topological polar surface area (TPSA) is 39.1 Å². The van der Waals surface area contributed by atoms with Gasteiger partial charge in [-0.1, -0.05) is 29.3 Å². The third-order valence-electron chi connectivity index (χ3n) is 4.92. The van der Waals surface area contributed by atoms with E-state index in [4.69, 9.17) is 27.9 Å². The minimum atomic E-state index is 0.215. The maximum Gasteiger partial charge on any atom is 0.144 e. The molecule has 2 aliphatic heterocycles. The Hall–Kier alpha value is -1.23. The van der Waals surface area contributed by atoms with Crippen molar-refractivity contribution in [2.45, 2.75) is 51.2 Å². The summed E-state index contributed by atoms with van der Waals surface area (Å²) in [6, 6.07) is 4.09. The average molecular weight is 366 g/mol. The molecule has 0 fully saturated rings. The minimum absolute atomic E-state index is 0.215. The van der Waals surface area contributed by atoms with Crippen LogP contribution in [0.3, 0.4) is 0 Å². The van der Waals surface area contributed by atoms with Crippen LogP contribution in [0.15, 0.2) is 18.3 Å². The lowest BCUT2D eigenvalue weighted by Gasteiger charge is -2.21. The van der Waals surface area contributed by atoms with Gasteiger partial charge in [-0.2, -0.15) is 0 Å². The number of halogens is 2. The first-order chi connectivity index (χ1) is 11.7. The number of benzene rings is 1. The molecule has 1 atom stereocenters. The molecule has 1 unspecified atom stereocenters. The predicted molar refractivity (Wildman–Crippen MR) is 95.9 cm³/mol. The van der Waals surface area contributed by atoms with Crippen molar-refractivity contribution in [3.63, 3.8) is 0 Å². The maximum absolute atomic E-state index is 6.34. The van der Waals surface area contributed by atoms with Gasteiger partial charge in [-0.3, -0.25) is 0 Å². The lowest BCUT2D eigenvalue weighted by Crippen LogP contribution is -2.23. The van der Waals surface area contributed by atoms with Crippen molar-refractivity contribution in [2.24, 2.45) is 0 Å². The fourth-order valence-corrected chi connectivity index (χ4v) is 4.02. The largest absolute Gasteiger partial charge is 0.492 e. The van der Waals surface area contributed by atoms with Crippen molar-refractivity contribution in [1.82, 2.24) is 14.9 Å². The van der Waals surface area contributed by atoms with Crippen LogP contribution in [0.2, 0.25) is 10.0 Å². The molecule has 6 heteroatoms. The smallest absolute Gasteiger partial charge is 0.144 e. The molecule has 0 radical (unpaired) electrons. The summed E-state index contributed by atoms with van der Waals surface area (Å²) in [5.74, 6) is 1.95. The number of rotatable bonds is 3. The number of hydrogen-bond acceptors (Lipinski definition) is 3. The number of nitrogens with zero attached hydrogens (tertiary/aromatic N) is 2. The lowest BCUT2D eigenvalue weighted by molar-refractivity contribution is 0.315. The van der Waals surface area contributed by atoms with Crippen LogP contribution in [-0.2, 0) is 19.5 Å². The second-order valence-electron chi connectivity index (χ2n) is 6.48. The Bertz CT molecular complexity index is 744. The van der Waals surface area contributed by atoms with Gasteiger partial charge in [-0.05, 0) is 31.7 Å². The van der Waals surface area contributed by atoms with Gasteiger partial charge >= 0.3 is 0 Å². The van der Waals surface area contributed by atoms with E-state index >= 15 is 0 Å². The Kier molecular flexibility index (Phi) is 4.70. The normalized spacial score (nSPS) is 20.0. The van der Waals surface area contributed by atoms with E-state index < -0.39 is 0 Å². The average Bonchev–Trinajstić information content (AvgIpc) is 2.89. The summed E-state index contributed by atoms with van der Waals surface area (Å²) in [6.07, 6.45) is 7.60. The van der Waals surface area contributed by atoms with Crippen LogP contribution < -0.4 is 10.1 Å². The van der Waals surface area contributed by atoms with E-state index in [9.17, 15) is 0 Å². The lowest BCUT2D eigenvalue weighted by atomic mass is 10.0.